The smallest absolute Gasteiger partial charge is 0.223 e. The highest BCUT2D eigenvalue weighted by atomic mass is 16.5. The number of nitrogens with one attached hydrogen (secondary N) is 1. The first kappa shape index (κ1) is 19.5. The summed E-state index contributed by atoms with van der Waals surface area (Å²) in [5, 5.41) is 3.14. The van der Waals surface area contributed by atoms with Gasteiger partial charge in [-0.25, -0.2) is 0 Å². The Kier molecular flexibility index (Phi) is 5.41. The first-order chi connectivity index (χ1) is 14.7. The van der Waals surface area contributed by atoms with Crippen molar-refractivity contribution in [3.8, 4) is 5.75 Å². The van der Waals surface area contributed by atoms with Gasteiger partial charge in [0.15, 0.2) is 0 Å². The van der Waals surface area contributed by atoms with Crippen LogP contribution in [0.5, 0.6) is 5.75 Å². The van der Waals surface area contributed by atoms with E-state index in [1.807, 2.05) is 0 Å². The van der Waals surface area contributed by atoms with Crippen LogP contribution in [0.25, 0.3) is 0 Å². The lowest BCUT2D eigenvalue weighted by Crippen LogP contribution is -2.32. The van der Waals surface area contributed by atoms with Gasteiger partial charge in [0.05, 0.1) is 12.1 Å². The third-order valence-corrected chi connectivity index (χ3v) is 6.74. The minimum Gasteiger partial charge on any atom is -0.490 e. The number of ether oxygens (including phenoxy) is 1. The zero-order valence-corrected chi connectivity index (χ0v) is 17.8. The van der Waals surface area contributed by atoms with E-state index >= 15 is 0 Å². The molecule has 4 heteroatoms. The molecule has 3 aliphatic rings. The van der Waals surface area contributed by atoms with Gasteiger partial charge in [-0.05, 0) is 86.8 Å². The second-order valence-electron chi connectivity index (χ2n) is 9.24. The Bertz CT molecular complexity index is 861. The van der Waals surface area contributed by atoms with Crippen LogP contribution in [0.1, 0.15) is 68.5 Å². The first-order valence-electron chi connectivity index (χ1n) is 11.6. The molecule has 2 saturated carbocycles. The Hall–Kier alpha value is -2.49. The summed E-state index contributed by atoms with van der Waals surface area (Å²) in [6, 6.07) is 17.6. The predicted molar refractivity (Wildman–Crippen MR) is 120 cm³/mol. The standard InChI is InChI=1S/C26H32N2O2/c1-18(27-26(29)22-6-7-22)19-2-4-20(5-3-19)21-14-16-28(17-15-21)23-8-10-24(11-9-23)30-25-12-13-25/h2-5,8-11,18,21-22,25H,6-7,12-17H2,1H3,(H,27,29)/t18-/m0/s1. The SMILES string of the molecule is C[C@H](NC(=O)C1CC1)c1ccc(C2CCN(c3ccc(OC4CC4)cc3)CC2)cc1. The van der Waals surface area contributed by atoms with E-state index in [4.69, 9.17) is 4.74 Å². The fourth-order valence-corrected chi connectivity index (χ4v) is 4.40. The largest absolute Gasteiger partial charge is 0.490 e. The molecule has 5 rings (SSSR count). The van der Waals surface area contributed by atoms with E-state index in [9.17, 15) is 4.79 Å². The fraction of sp³-hybridized carbons (Fsp3) is 0.500. The highest BCUT2D eigenvalue weighted by Gasteiger charge is 2.30. The number of piperidine rings is 1. The average molecular weight is 405 g/mol. The minimum absolute atomic E-state index is 0.0841. The minimum atomic E-state index is 0.0841. The molecule has 30 heavy (non-hydrogen) atoms. The normalized spacial score (nSPS) is 20.6. The van der Waals surface area contributed by atoms with Crippen LogP contribution in [0.2, 0.25) is 0 Å². The van der Waals surface area contributed by atoms with Crippen LogP contribution in [-0.2, 0) is 4.79 Å². The number of carbonyl (C=O) groups excluding carboxylic acids is 1. The molecule has 1 atom stereocenters. The molecule has 0 bridgehead atoms. The summed E-state index contributed by atoms with van der Waals surface area (Å²) in [4.78, 5) is 14.5. The van der Waals surface area contributed by atoms with Gasteiger partial charge in [-0.15, -0.1) is 0 Å². The van der Waals surface area contributed by atoms with Crippen LogP contribution in [-0.4, -0.2) is 25.1 Å². The Morgan fingerprint density at radius 2 is 1.60 bits per heavy atom. The van der Waals surface area contributed by atoms with E-state index in [1.165, 1.54) is 42.5 Å². The molecule has 1 aliphatic heterocycles. The number of anilines is 1. The van der Waals surface area contributed by atoms with Gasteiger partial charge < -0.3 is 15.0 Å². The highest BCUT2D eigenvalue weighted by molar-refractivity contribution is 5.81. The van der Waals surface area contributed by atoms with E-state index in [2.05, 4.69) is 65.7 Å². The molecule has 1 saturated heterocycles. The van der Waals surface area contributed by atoms with Gasteiger partial charge >= 0.3 is 0 Å². The van der Waals surface area contributed by atoms with Gasteiger partial charge in [0.2, 0.25) is 5.91 Å². The van der Waals surface area contributed by atoms with Crippen molar-refractivity contribution in [3.63, 3.8) is 0 Å². The van der Waals surface area contributed by atoms with Crippen molar-refractivity contribution < 1.29 is 9.53 Å². The molecule has 0 aromatic heterocycles. The summed E-state index contributed by atoms with van der Waals surface area (Å²) < 4.78 is 5.86. The number of rotatable bonds is 7. The van der Waals surface area contributed by atoms with Crippen molar-refractivity contribution >= 4 is 11.6 Å². The Morgan fingerprint density at radius 1 is 0.933 bits per heavy atom. The van der Waals surface area contributed by atoms with Crippen molar-refractivity contribution in [2.24, 2.45) is 5.92 Å². The maximum absolute atomic E-state index is 12.0. The van der Waals surface area contributed by atoms with Crippen molar-refractivity contribution in [2.75, 3.05) is 18.0 Å². The quantitative estimate of drug-likeness (QED) is 0.690. The van der Waals surface area contributed by atoms with E-state index in [-0.39, 0.29) is 17.9 Å². The van der Waals surface area contributed by atoms with Crippen molar-refractivity contribution in [1.82, 2.24) is 5.32 Å². The lowest BCUT2D eigenvalue weighted by molar-refractivity contribution is -0.122. The first-order valence-corrected chi connectivity index (χ1v) is 11.6. The van der Waals surface area contributed by atoms with Crippen LogP contribution in [0.15, 0.2) is 48.5 Å². The van der Waals surface area contributed by atoms with Crippen molar-refractivity contribution in [3.05, 3.63) is 59.7 Å². The molecule has 3 fully saturated rings. The molecule has 1 N–H and O–H groups in total. The molecule has 2 aromatic rings. The summed E-state index contributed by atoms with van der Waals surface area (Å²) in [6.45, 7) is 4.25. The molecule has 0 spiro atoms. The van der Waals surface area contributed by atoms with Gasteiger partial charge in [0.25, 0.3) is 0 Å². The van der Waals surface area contributed by atoms with Crippen molar-refractivity contribution in [1.29, 1.82) is 0 Å². The highest BCUT2D eigenvalue weighted by Crippen LogP contribution is 2.33. The van der Waals surface area contributed by atoms with Gasteiger partial charge in [-0.1, -0.05) is 24.3 Å². The van der Waals surface area contributed by atoms with E-state index in [1.54, 1.807) is 0 Å². The average Bonchev–Trinajstić information content (AvgIpc) is 3.69. The summed E-state index contributed by atoms with van der Waals surface area (Å²) >= 11 is 0. The number of amides is 1. The molecule has 1 heterocycles. The summed E-state index contributed by atoms with van der Waals surface area (Å²) in [5.74, 6) is 2.09. The summed E-state index contributed by atoms with van der Waals surface area (Å²) in [6.07, 6.45) is 7.30. The van der Waals surface area contributed by atoms with Gasteiger partial charge in [-0.3, -0.25) is 4.79 Å². The van der Waals surface area contributed by atoms with Crippen LogP contribution >= 0.6 is 0 Å². The number of hydrogen-bond acceptors (Lipinski definition) is 3. The summed E-state index contributed by atoms with van der Waals surface area (Å²) in [7, 11) is 0. The molecule has 2 aromatic carbocycles. The number of benzene rings is 2. The Balaban J connectivity index is 1.13. The lowest BCUT2D eigenvalue weighted by atomic mass is 9.88. The maximum Gasteiger partial charge on any atom is 0.223 e. The number of hydrogen-bond donors (Lipinski definition) is 1. The second-order valence-corrected chi connectivity index (χ2v) is 9.24. The van der Waals surface area contributed by atoms with E-state index in [0.717, 1.165) is 31.7 Å². The molecule has 2 aliphatic carbocycles. The summed E-state index contributed by atoms with van der Waals surface area (Å²) in [5.41, 5.74) is 3.91. The van der Waals surface area contributed by atoms with Gasteiger partial charge in [0, 0.05) is 24.7 Å². The van der Waals surface area contributed by atoms with Crippen LogP contribution in [0.3, 0.4) is 0 Å². The Morgan fingerprint density at radius 3 is 2.20 bits per heavy atom. The topological polar surface area (TPSA) is 41.6 Å². The zero-order chi connectivity index (χ0) is 20.5. The van der Waals surface area contributed by atoms with E-state index in [0.29, 0.717) is 12.0 Å². The molecular formula is C26H32N2O2. The molecule has 0 radical (unpaired) electrons. The van der Waals surface area contributed by atoms with Gasteiger partial charge in [0.1, 0.15) is 5.75 Å². The third-order valence-electron chi connectivity index (χ3n) is 6.74. The predicted octanol–water partition coefficient (Wildman–Crippen LogP) is 5.20. The molecular weight excluding hydrogens is 372 g/mol. The molecule has 1 amide bonds. The Labute approximate surface area is 179 Å². The second kappa shape index (κ2) is 8.33. The van der Waals surface area contributed by atoms with Gasteiger partial charge in [-0.2, -0.15) is 0 Å². The maximum atomic E-state index is 12.0. The van der Waals surface area contributed by atoms with Crippen LogP contribution in [0, 0.1) is 5.92 Å². The molecule has 0 unspecified atom stereocenters. The lowest BCUT2D eigenvalue weighted by Gasteiger charge is -2.34. The monoisotopic (exact) mass is 404 g/mol. The van der Waals surface area contributed by atoms with Crippen molar-refractivity contribution in [2.45, 2.75) is 63.5 Å². The van der Waals surface area contributed by atoms with Crippen LogP contribution < -0.4 is 15.0 Å². The number of carbonyl (C=O) groups is 1. The zero-order valence-electron chi connectivity index (χ0n) is 17.8. The third kappa shape index (κ3) is 4.63. The van der Waals surface area contributed by atoms with E-state index < -0.39 is 0 Å². The molecule has 4 nitrogen and oxygen atoms in total. The fourth-order valence-electron chi connectivity index (χ4n) is 4.40. The van der Waals surface area contributed by atoms with Crippen LogP contribution in [0.4, 0.5) is 5.69 Å². The number of nitrogens with zero attached hydrogens (tertiary/aromatic N) is 1. The molecule has 158 valence electrons.